The van der Waals surface area contributed by atoms with Crippen LogP contribution in [-0.2, 0) is 0 Å². The summed E-state index contributed by atoms with van der Waals surface area (Å²) in [7, 11) is 0. The molecule has 1 unspecified atom stereocenters. The molecule has 3 heterocycles. The Balaban J connectivity index is 1.54. The molecule has 2 aliphatic rings. The molecule has 6 heteroatoms. The third-order valence-electron chi connectivity index (χ3n) is 6.53. The molecule has 0 aliphatic carbocycles. The lowest BCUT2D eigenvalue weighted by Gasteiger charge is -2.43. The van der Waals surface area contributed by atoms with E-state index < -0.39 is 0 Å². The van der Waals surface area contributed by atoms with Crippen LogP contribution in [0.1, 0.15) is 64.9 Å². The van der Waals surface area contributed by atoms with Crippen molar-refractivity contribution >= 4 is 11.8 Å². The molecule has 6 nitrogen and oxygen atoms in total. The van der Waals surface area contributed by atoms with Crippen molar-refractivity contribution in [3.63, 3.8) is 0 Å². The summed E-state index contributed by atoms with van der Waals surface area (Å²) in [6.45, 7) is 4.49. The minimum atomic E-state index is -0.112. The average Bonchev–Trinajstić information content (AvgIpc) is 2.79. The first-order valence-electron chi connectivity index (χ1n) is 11.3. The zero-order chi connectivity index (χ0) is 21.7. The number of pyridine rings is 1. The second kappa shape index (κ2) is 9.50. The fourth-order valence-electron chi connectivity index (χ4n) is 4.78. The predicted molar refractivity (Wildman–Crippen MR) is 119 cm³/mol. The van der Waals surface area contributed by atoms with Crippen LogP contribution in [0.15, 0.2) is 42.6 Å². The number of carbonyl (C=O) groups excluding carboxylic acids is 2. The van der Waals surface area contributed by atoms with Gasteiger partial charge in [0.2, 0.25) is 0 Å². The van der Waals surface area contributed by atoms with Gasteiger partial charge < -0.3 is 15.0 Å². The van der Waals surface area contributed by atoms with Crippen molar-refractivity contribution in [1.29, 1.82) is 0 Å². The minimum Gasteiger partial charge on any atom is -0.493 e. The minimum absolute atomic E-state index is 0.00614. The van der Waals surface area contributed by atoms with Crippen molar-refractivity contribution in [3.05, 3.63) is 59.4 Å². The predicted octanol–water partition coefficient (Wildman–Crippen LogP) is 4.00. The SMILES string of the molecule is Cc1cccnc1C(=O)N1CCCC2(CCCCCOc3ccccc3C(=O)NC2)C1. The van der Waals surface area contributed by atoms with Crippen molar-refractivity contribution in [1.82, 2.24) is 15.2 Å². The number of benzene rings is 1. The number of aryl methyl sites for hydroxylation is 1. The quantitative estimate of drug-likeness (QED) is 0.756. The summed E-state index contributed by atoms with van der Waals surface area (Å²) in [4.78, 5) is 32.4. The van der Waals surface area contributed by atoms with Gasteiger partial charge in [0.05, 0.1) is 12.2 Å². The van der Waals surface area contributed by atoms with Crippen LogP contribution < -0.4 is 10.1 Å². The number of carbonyl (C=O) groups is 2. The molecule has 2 aliphatic heterocycles. The van der Waals surface area contributed by atoms with E-state index in [1.54, 1.807) is 6.20 Å². The maximum absolute atomic E-state index is 13.2. The highest BCUT2D eigenvalue weighted by molar-refractivity contribution is 5.97. The van der Waals surface area contributed by atoms with Crippen LogP contribution >= 0.6 is 0 Å². The molecular weight excluding hydrogens is 390 g/mol. The number of para-hydroxylation sites is 1. The Morgan fingerprint density at radius 3 is 2.81 bits per heavy atom. The molecule has 1 N–H and O–H groups in total. The molecule has 1 atom stereocenters. The summed E-state index contributed by atoms with van der Waals surface area (Å²) in [5.41, 5.74) is 1.89. The Hall–Kier alpha value is -2.89. The summed E-state index contributed by atoms with van der Waals surface area (Å²) >= 11 is 0. The molecule has 1 aromatic heterocycles. The Morgan fingerprint density at radius 1 is 1.10 bits per heavy atom. The van der Waals surface area contributed by atoms with Gasteiger partial charge in [-0.3, -0.25) is 14.6 Å². The number of hydrogen-bond donors (Lipinski definition) is 1. The molecule has 0 radical (unpaired) electrons. The molecule has 164 valence electrons. The van der Waals surface area contributed by atoms with Crippen LogP contribution in [-0.4, -0.2) is 47.9 Å². The normalized spacial score (nSPS) is 22.5. The second-order valence-electron chi connectivity index (χ2n) is 8.84. The number of nitrogens with one attached hydrogen (secondary N) is 1. The van der Waals surface area contributed by atoms with Gasteiger partial charge in [-0.15, -0.1) is 0 Å². The number of hydrogen-bond acceptors (Lipinski definition) is 4. The average molecular weight is 422 g/mol. The van der Waals surface area contributed by atoms with Crippen molar-refractivity contribution < 1.29 is 14.3 Å². The van der Waals surface area contributed by atoms with Crippen molar-refractivity contribution in [2.24, 2.45) is 5.41 Å². The Labute approximate surface area is 184 Å². The van der Waals surface area contributed by atoms with Crippen LogP contribution in [0.2, 0.25) is 0 Å². The van der Waals surface area contributed by atoms with E-state index in [-0.39, 0.29) is 17.2 Å². The summed E-state index contributed by atoms with van der Waals surface area (Å²) in [5.74, 6) is 0.522. The molecule has 31 heavy (non-hydrogen) atoms. The first-order valence-corrected chi connectivity index (χ1v) is 11.3. The smallest absolute Gasteiger partial charge is 0.272 e. The molecular formula is C25H31N3O3. The van der Waals surface area contributed by atoms with E-state index in [9.17, 15) is 9.59 Å². The molecule has 1 saturated heterocycles. The fraction of sp³-hybridized carbons (Fsp3) is 0.480. The monoisotopic (exact) mass is 421 g/mol. The van der Waals surface area contributed by atoms with Crippen molar-refractivity contribution in [3.8, 4) is 5.75 Å². The van der Waals surface area contributed by atoms with Crippen LogP contribution in [0.4, 0.5) is 0 Å². The molecule has 0 bridgehead atoms. The van der Waals surface area contributed by atoms with Gasteiger partial charge in [0, 0.05) is 31.2 Å². The summed E-state index contributed by atoms with van der Waals surface area (Å²) in [6.07, 6.45) is 7.71. The van der Waals surface area contributed by atoms with E-state index in [1.165, 1.54) is 0 Å². The lowest BCUT2D eigenvalue weighted by Crippen LogP contribution is -2.51. The topological polar surface area (TPSA) is 71.5 Å². The molecule has 4 rings (SSSR count). The summed E-state index contributed by atoms with van der Waals surface area (Å²) in [5, 5.41) is 3.16. The lowest BCUT2D eigenvalue weighted by atomic mass is 9.75. The van der Waals surface area contributed by atoms with Crippen LogP contribution in [0.5, 0.6) is 5.75 Å². The number of likely N-dealkylation sites (tertiary alicyclic amines) is 1. The van der Waals surface area contributed by atoms with Gasteiger partial charge in [-0.05, 0) is 56.4 Å². The van der Waals surface area contributed by atoms with Crippen molar-refractivity contribution in [2.45, 2.75) is 45.4 Å². The number of fused-ring (bicyclic) bond motifs is 1. The number of aromatic nitrogens is 1. The first kappa shape index (κ1) is 21.3. The van der Waals surface area contributed by atoms with Crippen LogP contribution in [0, 0.1) is 12.3 Å². The number of nitrogens with zero attached hydrogens (tertiary/aromatic N) is 2. The number of ether oxygens (including phenoxy) is 1. The summed E-state index contributed by atoms with van der Waals surface area (Å²) < 4.78 is 5.86. The largest absolute Gasteiger partial charge is 0.493 e. The van der Waals surface area contributed by atoms with E-state index in [2.05, 4.69) is 10.3 Å². The Kier molecular flexibility index (Phi) is 6.54. The Morgan fingerprint density at radius 2 is 1.94 bits per heavy atom. The standard InChI is InChI=1S/C25H31N3O3/c1-19-9-7-14-26-22(19)24(30)28-15-8-13-25(18-28)12-5-2-6-16-31-21-11-4-3-10-20(21)23(29)27-17-25/h3-4,7,9-11,14H,2,5-6,8,12-13,15-18H2,1H3,(H,27,29). The second-order valence-corrected chi connectivity index (χ2v) is 8.84. The van der Waals surface area contributed by atoms with Gasteiger partial charge in [-0.25, -0.2) is 0 Å². The molecule has 0 saturated carbocycles. The zero-order valence-corrected chi connectivity index (χ0v) is 18.2. The third-order valence-corrected chi connectivity index (χ3v) is 6.53. The van der Waals surface area contributed by atoms with Gasteiger partial charge in [-0.1, -0.05) is 31.0 Å². The number of rotatable bonds is 1. The van der Waals surface area contributed by atoms with E-state index in [0.29, 0.717) is 36.7 Å². The van der Waals surface area contributed by atoms with Crippen molar-refractivity contribution in [2.75, 3.05) is 26.2 Å². The maximum atomic E-state index is 13.2. The van der Waals surface area contributed by atoms with Crippen LogP contribution in [0.25, 0.3) is 0 Å². The van der Waals surface area contributed by atoms with E-state index in [0.717, 1.165) is 50.6 Å². The number of amides is 2. The molecule has 1 fully saturated rings. The highest BCUT2D eigenvalue weighted by atomic mass is 16.5. The number of piperidine rings is 1. The summed E-state index contributed by atoms with van der Waals surface area (Å²) in [6, 6.07) is 11.2. The molecule has 2 aromatic rings. The Bertz CT molecular complexity index is 945. The highest BCUT2D eigenvalue weighted by Crippen LogP contribution is 2.36. The van der Waals surface area contributed by atoms with Gasteiger partial charge in [-0.2, -0.15) is 0 Å². The lowest BCUT2D eigenvalue weighted by molar-refractivity contribution is 0.0463. The van der Waals surface area contributed by atoms with E-state index in [4.69, 9.17) is 4.74 Å². The van der Waals surface area contributed by atoms with Gasteiger partial charge in [0.15, 0.2) is 0 Å². The van der Waals surface area contributed by atoms with Crippen LogP contribution in [0.3, 0.4) is 0 Å². The molecule has 2 amide bonds. The fourth-order valence-corrected chi connectivity index (χ4v) is 4.78. The first-order chi connectivity index (χ1) is 15.1. The molecule has 1 spiro atoms. The maximum Gasteiger partial charge on any atom is 0.272 e. The molecule has 1 aromatic carbocycles. The van der Waals surface area contributed by atoms with Gasteiger partial charge >= 0.3 is 0 Å². The van der Waals surface area contributed by atoms with Gasteiger partial charge in [0.25, 0.3) is 11.8 Å². The zero-order valence-electron chi connectivity index (χ0n) is 18.2. The highest BCUT2D eigenvalue weighted by Gasteiger charge is 2.38. The van der Waals surface area contributed by atoms with Gasteiger partial charge in [0.1, 0.15) is 11.4 Å². The third kappa shape index (κ3) is 4.89. The van der Waals surface area contributed by atoms with E-state index >= 15 is 0 Å². The van der Waals surface area contributed by atoms with E-state index in [1.807, 2.05) is 48.2 Å².